The van der Waals surface area contributed by atoms with E-state index in [1.807, 2.05) is 0 Å². The molecule has 25 heavy (non-hydrogen) atoms. The summed E-state index contributed by atoms with van der Waals surface area (Å²) in [6.45, 7) is 7.31. The maximum atomic E-state index is 12.5. The summed E-state index contributed by atoms with van der Waals surface area (Å²) in [4.78, 5) is 29.4. The third kappa shape index (κ3) is 3.87. The highest BCUT2D eigenvalue weighted by molar-refractivity contribution is 6.06. The average molecular weight is 346 g/mol. The van der Waals surface area contributed by atoms with Crippen LogP contribution in [0.2, 0.25) is 0 Å². The molecule has 2 unspecified atom stereocenters. The Morgan fingerprint density at radius 2 is 1.76 bits per heavy atom. The van der Waals surface area contributed by atoms with Crippen LogP contribution in [0.1, 0.15) is 39.2 Å². The Labute approximate surface area is 146 Å². The molecule has 0 spiro atoms. The lowest BCUT2D eigenvalue weighted by molar-refractivity contribution is -0.605. The van der Waals surface area contributed by atoms with Crippen molar-refractivity contribution in [2.45, 2.75) is 33.6 Å². The van der Waals surface area contributed by atoms with Crippen LogP contribution in [0.4, 0.5) is 0 Å². The van der Waals surface area contributed by atoms with Crippen molar-refractivity contribution < 1.29 is 23.8 Å². The molecule has 0 amide bonds. The van der Waals surface area contributed by atoms with Gasteiger partial charge in [-0.1, -0.05) is 0 Å². The Balaban J connectivity index is 2.60. The summed E-state index contributed by atoms with van der Waals surface area (Å²) >= 11 is 0. The van der Waals surface area contributed by atoms with Gasteiger partial charge >= 0.3 is 11.9 Å². The zero-order chi connectivity index (χ0) is 18.6. The number of hydrogen-bond acceptors (Lipinski definition) is 6. The van der Waals surface area contributed by atoms with Gasteiger partial charge in [0.05, 0.1) is 18.8 Å². The molecule has 0 saturated carbocycles. The monoisotopic (exact) mass is 346 g/mol. The van der Waals surface area contributed by atoms with Crippen molar-refractivity contribution in [1.29, 1.82) is 0 Å². The maximum absolute atomic E-state index is 12.5. The first-order valence-corrected chi connectivity index (χ1v) is 8.19. The molecule has 2 heterocycles. The quantitative estimate of drug-likeness (QED) is 0.461. The van der Waals surface area contributed by atoms with Crippen LogP contribution in [-0.2, 0) is 19.1 Å². The molecule has 1 aliphatic rings. The summed E-state index contributed by atoms with van der Waals surface area (Å²) < 4.78 is 11.0. The Morgan fingerprint density at radius 3 is 2.32 bits per heavy atom. The van der Waals surface area contributed by atoms with Gasteiger partial charge in [-0.2, -0.15) is 4.73 Å². The van der Waals surface area contributed by atoms with Crippen molar-refractivity contribution in [2.24, 2.45) is 10.9 Å². The molecule has 0 radical (unpaired) electrons. The summed E-state index contributed by atoms with van der Waals surface area (Å²) in [6.07, 6.45) is 2.66. The molecule has 0 saturated heterocycles. The van der Waals surface area contributed by atoms with Gasteiger partial charge in [-0.25, -0.2) is 4.79 Å². The number of esters is 2. The van der Waals surface area contributed by atoms with Crippen LogP contribution in [0, 0.1) is 11.1 Å². The van der Waals surface area contributed by atoms with Crippen molar-refractivity contribution in [3.05, 3.63) is 46.6 Å². The predicted octanol–water partition coefficient (Wildman–Crippen LogP) is 1.89. The highest BCUT2D eigenvalue weighted by atomic mass is 16.5. The van der Waals surface area contributed by atoms with Crippen LogP contribution < -0.4 is 4.73 Å². The van der Waals surface area contributed by atoms with E-state index in [0.717, 1.165) is 0 Å². The lowest BCUT2D eigenvalue weighted by Crippen LogP contribution is -2.37. The van der Waals surface area contributed by atoms with E-state index in [1.165, 1.54) is 12.4 Å². The molecule has 0 N–H and O–H groups in total. The van der Waals surface area contributed by atoms with Gasteiger partial charge in [-0.05, 0) is 33.3 Å². The molecular weight excluding hydrogens is 324 g/mol. The van der Waals surface area contributed by atoms with Crippen LogP contribution in [0.25, 0.3) is 0 Å². The molecule has 2 rings (SSSR count). The van der Waals surface area contributed by atoms with E-state index in [4.69, 9.17) is 9.47 Å². The highest BCUT2D eigenvalue weighted by Gasteiger charge is 2.42. The molecule has 1 aliphatic heterocycles. The minimum atomic E-state index is -0.745. The summed E-state index contributed by atoms with van der Waals surface area (Å²) in [6, 6.07) is 3.18. The van der Waals surface area contributed by atoms with Gasteiger partial charge in [0.15, 0.2) is 12.4 Å². The maximum Gasteiger partial charge on any atom is 0.336 e. The zero-order valence-corrected chi connectivity index (χ0v) is 14.8. The fourth-order valence-corrected chi connectivity index (χ4v) is 3.04. The van der Waals surface area contributed by atoms with Gasteiger partial charge in [-0.15, -0.1) is 0 Å². The summed E-state index contributed by atoms with van der Waals surface area (Å²) in [7, 11) is 0. The number of carbonyl (C=O) groups is 2. The molecule has 0 fully saturated rings. The van der Waals surface area contributed by atoms with Gasteiger partial charge in [0.1, 0.15) is 5.92 Å². The molecule has 1 aromatic rings. The van der Waals surface area contributed by atoms with E-state index in [-0.39, 0.29) is 13.2 Å². The largest absolute Gasteiger partial charge is 0.619 e. The highest BCUT2D eigenvalue weighted by Crippen LogP contribution is 2.39. The van der Waals surface area contributed by atoms with Crippen molar-refractivity contribution in [3.8, 4) is 0 Å². The number of hydrogen-bond donors (Lipinski definition) is 0. The van der Waals surface area contributed by atoms with Crippen LogP contribution in [0.3, 0.4) is 0 Å². The van der Waals surface area contributed by atoms with Crippen molar-refractivity contribution >= 4 is 17.7 Å². The first-order valence-electron chi connectivity index (χ1n) is 8.19. The van der Waals surface area contributed by atoms with E-state index in [0.29, 0.717) is 27.3 Å². The smallest absolute Gasteiger partial charge is 0.336 e. The second-order valence-electron chi connectivity index (χ2n) is 5.67. The predicted molar refractivity (Wildman–Crippen MR) is 90.7 cm³/mol. The van der Waals surface area contributed by atoms with Gasteiger partial charge in [0.25, 0.3) is 0 Å². The Morgan fingerprint density at radius 1 is 1.16 bits per heavy atom. The van der Waals surface area contributed by atoms with E-state index in [2.05, 4.69) is 4.99 Å². The molecule has 0 bridgehead atoms. The molecular formula is C18H22N2O5. The third-order valence-electron chi connectivity index (χ3n) is 4.05. The number of pyridine rings is 1. The lowest BCUT2D eigenvalue weighted by atomic mass is 9.76. The van der Waals surface area contributed by atoms with E-state index in [1.54, 1.807) is 39.8 Å². The van der Waals surface area contributed by atoms with Gasteiger partial charge in [0.2, 0.25) is 0 Å². The van der Waals surface area contributed by atoms with Crippen molar-refractivity contribution in [1.82, 2.24) is 0 Å². The first-order chi connectivity index (χ1) is 11.9. The van der Waals surface area contributed by atoms with Crippen LogP contribution in [0.15, 0.2) is 40.8 Å². The molecule has 134 valence electrons. The molecule has 2 atom stereocenters. The summed E-state index contributed by atoms with van der Waals surface area (Å²) in [5, 5.41) is 11.4. The topological polar surface area (TPSA) is 91.9 Å². The minimum Gasteiger partial charge on any atom is -0.619 e. The normalized spacial score (nSPS) is 20.1. The number of aliphatic imine (C=N–C) groups is 1. The third-order valence-corrected chi connectivity index (χ3v) is 4.05. The SMILES string of the molecule is CCOC(=O)C1=C(C)N=C(C)C(C(=O)OCC)C1c1cc[n+]([O-])cc1. The van der Waals surface area contributed by atoms with Gasteiger partial charge in [-0.3, -0.25) is 9.79 Å². The molecule has 1 aromatic heterocycles. The van der Waals surface area contributed by atoms with Crippen molar-refractivity contribution in [3.63, 3.8) is 0 Å². The Bertz CT molecular complexity index is 721. The fraction of sp³-hybridized carbons (Fsp3) is 0.444. The average Bonchev–Trinajstić information content (AvgIpc) is 2.55. The van der Waals surface area contributed by atoms with Gasteiger partial charge in [0, 0.05) is 29.5 Å². The summed E-state index contributed by atoms with van der Waals surface area (Å²) in [5.74, 6) is -2.33. The van der Waals surface area contributed by atoms with Crippen LogP contribution in [0.5, 0.6) is 0 Å². The number of rotatable bonds is 5. The fourth-order valence-electron chi connectivity index (χ4n) is 3.04. The van der Waals surface area contributed by atoms with E-state index in [9.17, 15) is 14.8 Å². The second kappa shape index (κ2) is 7.92. The Hall–Kier alpha value is -2.70. The van der Waals surface area contributed by atoms with E-state index >= 15 is 0 Å². The van der Waals surface area contributed by atoms with E-state index < -0.39 is 23.8 Å². The van der Waals surface area contributed by atoms with Crippen LogP contribution in [-0.4, -0.2) is 30.9 Å². The standard InChI is InChI=1S/C18H22N2O5/c1-5-24-17(21)14-11(3)19-12(4)15(18(22)25-6-2)16(14)13-7-9-20(23)10-8-13/h7-10,14,16H,5-6H2,1-4H3. The second-order valence-corrected chi connectivity index (χ2v) is 5.67. The molecule has 7 heteroatoms. The molecule has 0 aliphatic carbocycles. The molecule has 0 aromatic carbocycles. The summed E-state index contributed by atoms with van der Waals surface area (Å²) in [5.41, 5.74) is 2.03. The zero-order valence-electron chi connectivity index (χ0n) is 14.8. The number of nitrogens with zero attached hydrogens (tertiary/aromatic N) is 2. The molecule has 7 nitrogen and oxygen atoms in total. The Kier molecular flexibility index (Phi) is 5.90. The van der Waals surface area contributed by atoms with Gasteiger partial charge < -0.3 is 14.7 Å². The number of allylic oxidation sites excluding steroid dienone is 1. The van der Waals surface area contributed by atoms with Crippen molar-refractivity contribution in [2.75, 3.05) is 13.2 Å². The number of ether oxygens (including phenoxy) is 2. The van der Waals surface area contributed by atoms with Crippen LogP contribution >= 0.6 is 0 Å². The minimum absolute atomic E-state index is 0.213. The lowest BCUT2D eigenvalue weighted by Gasteiger charge is -2.31. The number of carbonyl (C=O) groups excluding carboxylic acids is 2. The number of aromatic nitrogens is 1. The first kappa shape index (κ1) is 18.6.